The number of halogens is 1. The van der Waals surface area contributed by atoms with E-state index < -0.39 is 5.41 Å². The van der Waals surface area contributed by atoms with E-state index in [2.05, 4.69) is 17.0 Å². The van der Waals surface area contributed by atoms with Gasteiger partial charge in [-0.2, -0.15) is 5.10 Å². The molecule has 0 bridgehead atoms. The number of benzene rings is 2. The summed E-state index contributed by atoms with van der Waals surface area (Å²) in [7, 11) is 0. The third-order valence-electron chi connectivity index (χ3n) is 5.79. The van der Waals surface area contributed by atoms with Crippen LogP contribution in [0.15, 0.2) is 61.3 Å². The van der Waals surface area contributed by atoms with Gasteiger partial charge in [-0.25, -0.2) is 4.68 Å². The van der Waals surface area contributed by atoms with Crippen LogP contribution in [0.4, 0.5) is 11.5 Å². The summed E-state index contributed by atoms with van der Waals surface area (Å²) in [6, 6.07) is 13.1. The molecule has 2 aliphatic rings. The van der Waals surface area contributed by atoms with Crippen LogP contribution in [0.2, 0.25) is 5.02 Å². The molecule has 30 heavy (non-hydrogen) atoms. The predicted octanol–water partition coefficient (Wildman–Crippen LogP) is 4.00. The molecule has 0 fully saturated rings. The van der Waals surface area contributed by atoms with E-state index in [4.69, 9.17) is 11.6 Å². The number of nitrogens with one attached hydrogen (secondary N) is 1. The lowest BCUT2D eigenvalue weighted by Gasteiger charge is -2.32. The number of aromatic nitrogens is 2. The molecule has 2 aromatic carbocycles. The molecule has 150 valence electrons. The summed E-state index contributed by atoms with van der Waals surface area (Å²) < 4.78 is 1.62. The molecule has 3 aromatic rings. The second-order valence-corrected chi connectivity index (χ2v) is 8.09. The Hall–Kier alpha value is -3.38. The van der Waals surface area contributed by atoms with E-state index in [1.807, 2.05) is 37.3 Å². The quantitative estimate of drug-likeness (QED) is 0.654. The summed E-state index contributed by atoms with van der Waals surface area (Å²) in [6.07, 6.45) is 3.40. The van der Waals surface area contributed by atoms with Crippen molar-refractivity contribution in [2.24, 2.45) is 0 Å². The third kappa shape index (κ3) is 2.47. The van der Waals surface area contributed by atoms with E-state index in [9.17, 15) is 9.59 Å². The van der Waals surface area contributed by atoms with Gasteiger partial charge in [-0.15, -0.1) is 6.58 Å². The van der Waals surface area contributed by atoms with Gasteiger partial charge in [0, 0.05) is 29.2 Å². The van der Waals surface area contributed by atoms with E-state index in [0.717, 1.165) is 16.8 Å². The largest absolute Gasteiger partial charge is 0.310 e. The molecule has 1 spiro atoms. The Morgan fingerprint density at radius 1 is 1.23 bits per heavy atom. The standard InChI is InChI=1S/C23H19ClN4O2/c1-3-9-27-19-8-7-14(2)10-17(19)23(22(27)30)12-20(29)26-21-18(23)13-25-28(21)16-6-4-5-15(24)11-16/h3-8,10-11,13H,1,9,12H2,2H3,(H,26,29). The van der Waals surface area contributed by atoms with Gasteiger partial charge in [0.05, 0.1) is 11.9 Å². The van der Waals surface area contributed by atoms with Gasteiger partial charge in [0.25, 0.3) is 0 Å². The Labute approximate surface area is 178 Å². The Balaban J connectivity index is 1.78. The van der Waals surface area contributed by atoms with Crippen LogP contribution in [-0.2, 0) is 15.0 Å². The van der Waals surface area contributed by atoms with Gasteiger partial charge in [0.15, 0.2) is 0 Å². The van der Waals surface area contributed by atoms with Gasteiger partial charge >= 0.3 is 0 Å². The zero-order chi connectivity index (χ0) is 21.0. The lowest BCUT2D eigenvalue weighted by molar-refractivity contribution is -0.126. The molecule has 2 aliphatic heterocycles. The first-order chi connectivity index (χ1) is 14.5. The van der Waals surface area contributed by atoms with Crippen LogP contribution < -0.4 is 10.2 Å². The predicted molar refractivity (Wildman–Crippen MR) is 116 cm³/mol. The average Bonchev–Trinajstić information content (AvgIpc) is 3.23. The highest BCUT2D eigenvalue weighted by atomic mass is 35.5. The van der Waals surface area contributed by atoms with Crippen LogP contribution in [0.5, 0.6) is 0 Å². The number of hydrogen-bond donors (Lipinski definition) is 1. The molecule has 0 radical (unpaired) electrons. The molecule has 1 atom stereocenters. The molecular formula is C23H19ClN4O2. The molecule has 0 saturated carbocycles. The number of aryl methyl sites for hydroxylation is 1. The van der Waals surface area contributed by atoms with Crippen LogP contribution in [-0.4, -0.2) is 28.1 Å². The van der Waals surface area contributed by atoms with E-state index >= 15 is 0 Å². The second kappa shape index (κ2) is 6.57. The molecule has 5 rings (SSSR count). The summed E-state index contributed by atoms with van der Waals surface area (Å²) in [4.78, 5) is 28.4. The lowest BCUT2D eigenvalue weighted by Crippen LogP contribution is -2.46. The number of rotatable bonds is 3. The summed E-state index contributed by atoms with van der Waals surface area (Å²) in [5, 5.41) is 7.99. The van der Waals surface area contributed by atoms with E-state index in [1.54, 1.807) is 34.0 Å². The van der Waals surface area contributed by atoms with Gasteiger partial charge in [0.2, 0.25) is 11.8 Å². The maximum Gasteiger partial charge on any atom is 0.243 e. The molecule has 0 aliphatic carbocycles. The highest BCUT2D eigenvalue weighted by Crippen LogP contribution is 2.52. The Morgan fingerprint density at radius 2 is 2.07 bits per heavy atom. The number of hydrogen-bond acceptors (Lipinski definition) is 3. The molecule has 0 saturated heterocycles. The normalized spacial score (nSPS) is 19.6. The van der Waals surface area contributed by atoms with Crippen LogP contribution in [0.25, 0.3) is 5.69 Å². The number of anilines is 2. The topological polar surface area (TPSA) is 67.2 Å². The van der Waals surface area contributed by atoms with Crippen LogP contribution >= 0.6 is 11.6 Å². The van der Waals surface area contributed by atoms with Crippen molar-refractivity contribution >= 4 is 34.9 Å². The first-order valence-electron chi connectivity index (χ1n) is 9.64. The highest BCUT2D eigenvalue weighted by molar-refractivity contribution is 6.30. The van der Waals surface area contributed by atoms with Crippen LogP contribution in [0, 0.1) is 6.92 Å². The maximum absolute atomic E-state index is 13.8. The lowest BCUT2D eigenvalue weighted by atomic mass is 9.71. The van der Waals surface area contributed by atoms with Crippen molar-refractivity contribution in [3.05, 3.63) is 83.0 Å². The van der Waals surface area contributed by atoms with Crippen molar-refractivity contribution in [3.8, 4) is 5.69 Å². The molecule has 2 amide bonds. The number of amides is 2. The molecule has 1 unspecified atom stereocenters. The maximum atomic E-state index is 13.8. The second-order valence-electron chi connectivity index (χ2n) is 7.65. The van der Waals surface area contributed by atoms with Gasteiger partial charge in [-0.05, 0) is 36.8 Å². The van der Waals surface area contributed by atoms with Crippen molar-refractivity contribution in [2.45, 2.75) is 18.8 Å². The summed E-state index contributed by atoms with van der Waals surface area (Å²) in [6.45, 7) is 6.14. The van der Waals surface area contributed by atoms with Gasteiger partial charge < -0.3 is 10.2 Å². The Morgan fingerprint density at radius 3 is 2.83 bits per heavy atom. The van der Waals surface area contributed by atoms with Crippen molar-refractivity contribution < 1.29 is 9.59 Å². The number of nitrogens with zero attached hydrogens (tertiary/aromatic N) is 3. The van der Waals surface area contributed by atoms with Crippen molar-refractivity contribution in [1.29, 1.82) is 0 Å². The number of carbonyl (C=O) groups is 2. The van der Waals surface area contributed by atoms with E-state index in [0.29, 0.717) is 28.6 Å². The monoisotopic (exact) mass is 418 g/mol. The van der Waals surface area contributed by atoms with Gasteiger partial charge in [0.1, 0.15) is 11.2 Å². The minimum absolute atomic E-state index is 0.0319. The zero-order valence-electron chi connectivity index (χ0n) is 16.4. The summed E-state index contributed by atoms with van der Waals surface area (Å²) >= 11 is 6.16. The Kier molecular flexibility index (Phi) is 4.08. The summed E-state index contributed by atoms with van der Waals surface area (Å²) in [5.74, 6) is 0.132. The first-order valence-corrected chi connectivity index (χ1v) is 10.0. The van der Waals surface area contributed by atoms with Crippen molar-refractivity contribution in [1.82, 2.24) is 9.78 Å². The fraction of sp³-hybridized carbons (Fsp3) is 0.174. The van der Waals surface area contributed by atoms with E-state index in [-0.39, 0.29) is 18.2 Å². The van der Waals surface area contributed by atoms with Crippen LogP contribution in [0.1, 0.15) is 23.1 Å². The molecule has 3 heterocycles. The fourth-order valence-corrected chi connectivity index (χ4v) is 4.71. The number of carbonyl (C=O) groups excluding carboxylic acids is 2. The minimum atomic E-state index is -1.11. The molecular weight excluding hydrogens is 400 g/mol. The van der Waals surface area contributed by atoms with E-state index in [1.165, 1.54) is 0 Å². The van der Waals surface area contributed by atoms with Crippen LogP contribution in [0.3, 0.4) is 0 Å². The number of fused-ring (bicyclic) bond motifs is 4. The zero-order valence-corrected chi connectivity index (χ0v) is 17.1. The minimum Gasteiger partial charge on any atom is -0.310 e. The SMILES string of the molecule is C=CCN1C(=O)C2(CC(=O)Nc3c2cnn3-c2cccc(Cl)c2)c2cc(C)ccc21. The molecule has 1 N–H and O–H groups in total. The third-order valence-corrected chi connectivity index (χ3v) is 6.02. The van der Waals surface area contributed by atoms with Crippen molar-refractivity contribution in [3.63, 3.8) is 0 Å². The summed E-state index contributed by atoms with van der Waals surface area (Å²) in [5.41, 5.74) is 2.94. The van der Waals surface area contributed by atoms with Gasteiger partial charge in [-0.1, -0.05) is 41.4 Å². The first kappa shape index (κ1) is 18.6. The van der Waals surface area contributed by atoms with Crippen molar-refractivity contribution in [2.75, 3.05) is 16.8 Å². The fourth-order valence-electron chi connectivity index (χ4n) is 4.52. The Bertz CT molecular complexity index is 1230. The van der Waals surface area contributed by atoms with Gasteiger partial charge in [-0.3, -0.25) is 9.59 Å². The highest BCUT2D eigenvalue weighted by Gasteiger charge is 2.57. The molecule has 7 heteroatoms. The smallest absolute Gasteiger partial charge is 0.243 e. The molecule has 1 aromatic heterocycles. The molecule has 6 nitrogen and oxygen atoms in total. The average molecular weight is 419 g/mol.